The first-order valence-electron chi connectivity index (χ1n) is 7.75. The topological polar surface area (TPSA) is 54.0 Å². The maximum Gasteiger partial charge on any atom is 0.349 e. The highest BCUT2D eigenvalue weighted by molar-refractivity contribution is 5.74. The average Bonchev–Trinajstić information content (AvgIpc) is 3.00. The number of rotatable bonds is 4. The van der Waals surface area contributed by atoms with E-state index >= 15 is 0 Å². The maximum absolute atomic E-state index is 11.9. The zero-order valence-corrected chi connectivity index (χ0v) is 14.0. The summed E-state index contributed by atoms with van der Waals surface area (Å²) in [6, 6.07) is 12.7. The van der Waals surface area contributed by atoms with Crippen LogP contribution in [-0.2, 0) is 10.2 Å². The van der Waals surface area contributed by atoms with Gasteiger partial charge in [-0.3, -0.25) is 0 Å². The standard InChI is InChI=1S/C19H20O5/c1-19(2,3)13-4-6-14(7-5-13)21-11-18(20)24-15-8-9-16-17(10-15)23-12-22-16/h4-10H,11-12H2,1-3H3. The summed E-state index contributed by atoms with van der Waals surface area (Å²) in [4.78, 5) is 11.9. The van der Waals surface area contributed by atoms with Gasteiger partial charge in [0.25, 0.3) is 0 Å². The molecule has 126 valence electrons. The van der Waals surface area contributed by atoms with Crippen molar-refractivity contribution >= 4 is 5.97 Å². The SMILES string of the molecule is CC(C)(C)c1ccc(OCC(=O)Oc2ccc3c(c2)OCO3)cc1. The van der Waals surface area contributed by atoms with E-state index in [0.29, 0.717) is 23.0 Å². The molecule has 0 unspecified atom stereocenters. The third-order valence-electron chi connectivity index (χ3n) is 3.65. The average molecular weight is 328 g/mol. The Morgan fingerprint density at radius 2 is 1.67 bits per heavy atom. The molecule has 0 fully saturated rings. The van der Waals surface area contributed by atoms with E-state index in [4.69, 9.17) is 18.9 Å². The molecule has 0 aliphatic carbocycles. The zero-order chi connectivity index (χ0) is 17.2. The van der Waals surface area contributed by atoms with E-state index in [1.165, 1.54) is 5.56 Å². The summed E-state index contributed by atoms with van der Waals surface area (Å²) in [6.07, 6.45) is 0. The van der Waals surface area contributed by atoms with Gasteiger partial charge in [0.1, 0.15) is 11.5 Å². The maximum atomic E-state index is 11.9. The van der Waals surface area contributed by atoms with E-state index in [1.807, 2.05) is 24.3 Å². The van der Waals surface area contributed by atoms with Crippen LogP contribution in [-0.4, -0.2) is 19.4 Å². The molecule has 2 aromatic carbocycles. The third kappa shape index (κ3) is 3.79. The molecule has 3 rings (SSSR count). The lowest BCUT2D eigenvalue weighted by molar-refractivity contribution is -0.136. The number of esters is 1. The minimum atomic E-state index is -0.478. The van der Waals surface area contributed by atoms with Crippen LogP contribution in [0.4, 0.5) is 0 Å². The van der Waals surface area contributed by atoms with E-state index < -0.39 is 5.97 Å². The second-order valence-corrected chi connectivity index (χ2v) is 6.55. The molecule has 0 aromatic heterocycles. The van der Waals surface area contributed by atoms with E-state index in [0.717, 1.165) is 0 Å². The molecule has 0 saturated heterocycles. The van der Waals surface area contributed by atoms with Crippen LogP contribution >= 0.6 is 0 Å². The lowest BCUT2D eigenvalue weighted by Gasteiger charge is -2.19. The molecule has 0 radical (unpaired) electrons. The van der Waals surface area contributed by atoms with Gasteiger partial charge in [0, 0.05) is 6.07 Å². The molecular weight excluding hydrogens is 308 g/mol. The molecule has 0 bridgehead atoms. The summed E-state index contributed by atoms with van der Waals surface area (Å²) < 4.78 is 21.2. The Hall–Kier alpha value is -2.69. The second kappa shape index (κ2) is 6.43. The molecule has 0 spiro atoms. The lowest BCUT2D eigenvalue weighted by Crippen LogP contribution is -2.17. The number of hydrogen-bond acceptors (Lipinski definition) is 5. The Labute approximate surface area is 141 Å². The van der Waals surface area contributed by atoms with Crippen LogP contribution in [0, 0.1) is 0 Å². The summed E-state index contributed by atoms with van der Waals surface area (Å²) in [5.74, 6) is 1.76. The van der Waals surface area contributed by atoms with Crippen LogP contribution < -0.4 is 18.9 Å². The van der Waals surface area contributed by atoms with Gasteiger partial charge in [0.2, 0.25) is 6.79 Å². The molecule has 0 amide bonds. The summed E-state index contributed by atoms with van der Waals surface area (Å²) in [5, 5.41) is 0. The van der Waals surface area contributed by atoms with Gasteiger partial charge in [-0.2, -0.15) is 0 Å². The zero-order valence-electron chi connectivity index (χ0n) is 14.0. The van der Waals surface area contributed by atoms with E-state index in [1.54, 1.807) is 18.2 Å². The Bertz CT molecular complexity index is 728. The van der Waals surface area contributed by atoms with Crippen LogP contribution in [0.1, 0.15) is 26.3 Å². The van der Waals surface area contributed by atoms with Crippen molar-refractivity contribution in [3.8, 4) is 23.0 Å². The Morgan fingerprint density at radius 1 is 1.00 bits per heavy atom. The fourth-order valence-corrected chi connectivity index (χ4v) is 2.29. The molecule has 24 heavy (non-hydrogen) atoms. The monoisotopic (exact) mass is 328 g/mol. The predicted octanol–water partition coefficient (Wildman–Crippen LogP) is 3.70. The number of carbonyl (C=O) groups excluding carboxylic acids is 1. The lowest BCUT2D eigenvalue weighted by atomic mass is 9.87. The highest BCUT2D eigenvalue weighted by Gasteiger charge is 2.16. The highest BCUT2D eigenvalue weighted by Crippen LogP contribution is 2.35. The molecule has 1 aliphatic rings. The molecule has 0 saturated carbocycles. The number of benzene rings is 2. The largest absolute Gasteiger partial charge is 0.482 e. The molecule has 5 nitrogen and oxygen atoms in total. The first kappa shape index (κ1) is 16.2. The Balaban J connectivity index is 1.54. The van der Waals surface area contributed by atoms with Crippen molar-refractivity contribution in [3.05, 3.63) is 48.0 Å². The van der Waals surface area contributed by atoms with Crippen molar-refractivity contribution in [1.82, 2.24) is 0 Å². The fourth-order valence-electron chi connectivity index (χ4n) is 2.29. The van der Waals surface area contributed by atoms with Gasteiger partial charge in [0.05, 0.1) is 0 Å². The minimum absolute atomic E-state index is 0.0802. The van der Waals surface area contributed by atoms with Crippen molar-refractivity contribution in [1.29, 1.82) is 0 Å². The van der Waals surface area contributed by atoms with E-state index in [9.17, 15) is 4.79 Å². The fraction of sp³-hybridized carbons (Fsp3) is 0.316. The quantitative estimate of drug-likeness (QED) is 0.633. The molecule has 0 atom stereocenters. The van der Waals surface area contributed by atoms with Gasteiger partial charge in [-0.1, -0.05) is 32.9 Å². The van der Waals surface area contributed by atoms with Crippen LogP contribution in [0.5, 0.6) is 23.0 Å². The number of hydrogen-bond donors (Lipinski definition) is 0. The number of fused-ring (bicyclic) bond motifs is 1. The number of carbonyl (C=O) groups is 1. The smallest absolute Gasteiger partial charge is 0.349 e. The Morgan fingerprint density at radius 3 is 2.38 bits per heavy atom. The third-order valence-corrected chi connectivity index (χ3v) is 3.65. The van der Waals surface area contributed by atoms with Crippen LogP contribution in [0.25, 0.3) is 0 Å². The minimum Gasteiger partial charge on any atom is -0.482 e. The van der Waals surface area contributed by atoms with Gasteiger partial charge < -0.3 is 18.9 Å². The summed E-state index contributed by atoms with van der Waals surface area (Å²) in [7, 11) is 0. The second-order valence-electron chi connectivity index (χ2n) is 6.55. The molecule has 0 N–H and O–H groups in total. The van der Waals surface area contributed by atoms with Gasteiger partial charge in [-0.15, -0.1) is 0 Å². The highest BCUT2D eigenvalue weighted by atomic mass is 16.7. The number of ether oxygens (including phenoxy) is 4. The van der Waals surface area contributed by atoms with Gasteiger partial charge in [0.15, 0.2) is 18.1 Å². The Kier molecular flexibility index (Phi) is 4.34. The molecular formula is C19H20O5. The molecule has 1 heterocycles. The summed E-state index contributed by atoms with van der Waals surface area (Å²) in [5.41, 5.74) is 1.29. The first-order valence-corrected chi connectivity index (χ1v) is 7.75. The van der Waals surface area contributed by atoms with Crippen LogP contribution in [0.3, 0.4) is 0 Å². The van der Waals surface area contributed by atoms with Crippen LogP contribution in [0.2, 0.25) is 0 Å². The van der Waals surface area contributed by atoms with Gasteiger partial charge >= 0.3 is 5.97 Å². The van der Waals surface area contributed by atoms with Gasteiger partial charge in [-0.25, -0.2) is 4.79 Å². The molecule has 5 heteroatoms. The van der Waals surface area contributed by atoms with Crippen molar-refractivity contribution in [3.63, 3.8) is 0 Å². The van der Waals surface area contributed by atoms with Gasteiger partial charge in [-0.05, 0) is 35.2 Å². The van der Waals surface area contributed by atoms with Crippen molar-refractivity contribution in [2.24, 2.45) is 0 Å². The first-order chi connectivity index (χ1) is 11.4. The molecule has 2 aromatic rings. The van der Waals surface area contributed by atoms with E-state index in [-0.39, 0.29) is 18.8 Å². The van der Waals surface area contributed by atoms with E-state index in [2.05, 4.69) is 20.8 Å². The van der Waals surface area contributed by atoms with Crippen LogP contribution in [0.15, 0.2) is 42.5 Å². The predicted molar refractivity (Wildman–Crippen MR) is 88.8 cm³/mol. The van der Waals surface area contributed by atoms with Crippen molar-refractivity contribution < 1.29 is 23.7 Å². The normalized spacial score (nSPS) is 12.8. The summed E-state index contributed by atoms with van der Waals surface area (Å²) in [6.45, 7) is 6.45. The van der Waals surface area contributed by atoms with Crippen molar-refractivity contribution in [2.45, 2.75) is 26.2 Å². The molecule has 1 aliphatic heterocycles. The van der Waals surface area contributed by atoms with Crippen molar-refractivity contribution in [2.75, 3.05) is 13.4 Å². The summed E-state index contributed by atoms with van der Waals surface area (Å²) >= 11 is 0.